The molecule has 0 aromatic rings. The first-order chi connectivity index (χ1) is 11.1. The van der Waals surface area contributed by atoms with E-state index >= 15 is 0 Å². The Morgan fingerprint density at radius 1 is 1.29 bits per heavy atom. The minimum absolute atomic E-state index is 0.0654. The fourth-order valence-corrected chi connectivity index (χ4v) is 2.54. The predicted molar refractivity (Wildman–Crippen MR) is 90.7 cm³/mol. The summed E-state index contributed by atoms with van der Waals surface area (Å²) in [5.41, 5.74) is -0.516. The summed E-state index contributed by atoms with van der Waals surface area (Å²) in [6.07, 6.45) is 1.79. The summed E-state index contributed by atoms with van der Waals surface area (Å²) in [4.78, 5) is 38.7. The Hall–Kier alpha value is -1.83. The molecule has 24 heavy (non-hydrogen) atoms. The number of amides is 4. The number of likely N-dealkylation sites (tertiary alicyclic amines) is 1. The normalized spacial score (nSPS) is 18.6. The number of ether oxygens (including phenoxy) is 1. The number of nitrogens with one attached hydrogen (secondary N) is 2. The third-order valence-electron chi connectivity index (χ3n) is 3.84. The van der Waals surface area contributed by atoms with Gasteiger partial charge in [-0.05, 0) is 40.2 Å². The van der Waals surface area contributed by atoms with E-state index in [1.54, 1.807) is 11.9 Å². The van der Waals surface area contributed by atoms with Gasteiger partial charge in [0.25, 0.3) is 0 Å². The molecular formula is C16H30N4O4. The zero-order valence-electron chi connectivity index (χ0n) is 15.3. The number of carbonyl (C=O) groups is 3. The van der Waals surface area contributed by atoms with Crippen LogP contribution in [-0.2, 0) is 9.53 Å². The molecule has 4 amide bonds. The lowest BCUT2D eigenvalue weighted by Crippen LogP contribution is -2.50. The number of likely N-dealkylation sites (N-methyl/N-ethyl adjacent to an activating group) is 1. The molecule has 1 fully saturated rings. The summed E-state index contributed by atoms with van der Waals surface area (Å²) < 4.78 is 5.40. The molecule has 0 spiro atoms. The molecule has 0 saturated carbocycles. The fourth-order valence-electron chi connectivity index (χ4n) is 2.54. The van der Waals surface area contributed by atoms with E-state index in [-0.39, 0.29) is 24.5 Å². The molecule has 1 atom stereocenters. The molecule has 0 aromatic carbocycles. The molecule has 8 heteroatoms. The zero-order chi connectivity index (χ0) is 18.3. The van der Waals surface area contributed by atoms with E-state index < -0.39 is 11.6 Å². The van der Waals surface area contributed by atoms with E-state index in [0.29, 0.717) is 13.1 Å². The zero-order valence-corrected chi connectivity index (χ0v) is 15.3. The van der Waals surface area contributed by atoms with E-state index in [1.165, 1.54) is 7.05 Å². The van der Waals surface area contributed by atoms with Crippen molar-refractivity contribution < 1.29 is 19.1 Å². The van der Waals surface area contributed by atoms with Crippen molar-refractivity contribution in [2.24, 2.45) is 0 Å². The van der Waals surface area contributed by atoms with Gasteiger partial charge in [0.1, 0.15) is 5.60 Å². The highest BCUT2D eigenvalue weighted by atomic mass is 16.6. The van der Waals surface area contributed by atoms with E-state index in [2.05, 4.69) is 15.5 Å². The second kappa shape index (κ2) is 8.86. The number of carbonyl (C=O) groups excluding carboxylic acids is 3. The minimum Gasteiger partial charge on any atom is -0.444 e. The van der Waals surface area contributed by atoms with Gasteiger partial charge in [0.15, 0.2) is 0 Å². The maximum Gasteiger partial charge on any atom is 0.410 e. The lowest BCUT2D eigenvalue weighted by Gasteiger charge is -2.38. The second-order valence-electron chi connectivity index (χ2n) is 7.07. The summed E-state index contributed by atoms with van der Waals surface area (Å²) >= 11 is 0. The third-order valence-corrected chi connectivity index (χ3v) is 3.84. The topological polar surface area (TPSA) is 91.0 Å². The first-order valence-corrected chi connectivity index (χ1v) is 8.32. The van der Waals surface area contributed by atoms with Gasteiger partial charge in [-0.2, -0.15) is 0 Å². The van der Waals surface area contributed by atoms with E-state index in [4.69, 9.17) is 4.74 Å². The molecule has 138 valence electrons. The smallest absolute Gasteiger partial charge is 0.410 e. The molecule has 0 bridgehead atoms. The number of nitrogens with zero attached hydrogens (tertiary/aromatic N) is 2. The van der Waals surface area contributed by atoms with Crippen molar-refractivity contribution in [3.05, 3.63) is 0 Å². The molecule has 1 unspecified atom stereocenters. The SMILES string of the molecule is CNC(=O)NC(=O)CCN1CCCC(N(C)C(=O)OC(C)(C)C)C1. The van der Waals surface area contributed by atoms with Crippen LogP contribution in [0.25, 0.3) is 0 Å². The molecular weight excluding hydrogens is 312 g/mol. The van der Waals surface area contributed by atoms with Crippen molar-refractivity contribution >= 4 is 18.0 Å². The number of rotatable bonds is 4. The Kier molecular flexibility index (Phi) is 7.47. The van der Waals surface area contributed by atoms with Gasteiger partial charge < -0.3 is 19.9 Å². The van der Waals surface area contributed by atoms with Crippen LogP contribution < -0.4 is 10.6 Å². The van der Waals surface area contributed by atoms with Gasteiger partial charge in [0.05, 0.1) is 0 Å². The van der Waals surface area contributed by atoms with Crippen molar-refractivity contribution in [3.63, 3.8) is 0 Å². The molecule has 1 rings (SSSR count). The third kappa shape index (κ3) is 7.16. The second-order valence-corrected chi connectivity index (χ2v) is 7.07. The fraction of sp³-hybridized carbons (Fsp3) is 0.812. The van der Waals surface area contributed by atoms with Crippen LogP contribution in [0.3, 0.4) is 0 Å². The molecule has 0 aromatic heterocycles. The number of hydrogen-bond acceptors (Lipinski definition) is 5. The molecule has 8 nitrogen and oxygen atoms in total. The average Bonchev–Trinajstić information content (AvgIpc) is 2.50. The van der Waals surface area contributed by atoms with Crippen LogP contribution in [0.5, 0.6) is 0 Å². The van der Waals surface area contributed by atoms with Gasteiger partial charge in [-0.3, -0.25) is 10.1 Å². The van der Waals surface area contributed by atoms with E-state index in [9.17, 15) is 14.4 Å². The highest BCUT2D eigenvalue weighted by molar-refractivity contribution is 5.94. The molecule has 2 N–H and O–H groups in total. The minimum atomic E-state index is -0.516. The first kappa shape index (κ1) is 20.2. The highest BCUT2D eigenvalue weighted by Gasteiger charge is 2.29. The van der Waals surface area contributed by atoms with Crippen molar-refractivity contribution in [1.29, 1.82) is 0 Å². The standard InChI is InChI=1S/C16H30N4O4/c1-16(2,3)24-15(23)19(5)12-7-6-9-20(11-12)10-8-13(21)18-14(22)17-4/h12H,6-11H2,1-5H3,(H2,17,18,21,22). The molecule has 1 heterocycles. The Morgan fingerprint density at radius 2 is 1.96 bits per heavy atom. The number of imide groups is 1. The van der Waals surface area contributed by atoms with Crippen molar-refractivity contribution in [3.8, 4) is 0 Å². The van der Waals surface area contributed by atoms with Crippen LogP contribution in [0.15, 0.2) is 0 Å². The Balaban J connectivity index is 2.44. The Bertz CT molecular complexity index is 461. The van der Waals surface area contributed by atoms with Crippen LogP contribution in [0.4, 0.5) is 9.59 Å². The Labute approximate surface area is 143 Å². The molecule has 1 aliphatic rings. The summed E-state index contributed by atoms with van der Waals surface area (Å²) in [6, 6.07) is -0.434. The monoisotopic (exact) mass is 342 g/mol. The van der Waals surface area contributed by atoms with Crippen molar-refractivity contribution in [2.75, 3.05) is 33.7 Å². The predicted octanol–water partition coefficient (Wildman–Crippen LogP) is 1.16. The van der Waals surface area contributed by atoms with E-state index in [0.717, 1.165) is 19.4 Å². The lowest BCUT2D eigenvalue weighted by molar-refractivity contribution is -0.120. The van der Waals surface area contributed by atoms with Crippen LogP contribution >= 0.6 is 0 Å². The maximum absolute atomic E-state index is 12.2. The van der Waals surface area contributed by atoms with Crippen LogP contribution in [0, 0.1) is 0 Å². The largest absolute Gasteiger partial charge is 0.444 e. The maximum atomic E-state index is 12.2. The van der Waals surface area contributed by atoms with Gasteiger partial charge in [0, 0.05) is 39.6 Å². The first-order valence-electron chi connectivity index (χ1n) is 8.32. The summed E-state index contributed by atoms with van der Waals surface area (Å²) in [5, 5.41) is 4.59. The highest BCUT2D eigenvalue weighted by Crippen LogP contribution is 2.18. The lowest BCUT2D eigenvalue weighted by atomic mass is 10.0. The van der Waals surface area contributed by atoms with Crippen LogP contribution in [0.2, 0.25) is 0 Å². The van der Waals surface area contributed by atoms with E-state index in [1.807, 2.05) is 20.8 Å². The molecule has 1 saturated heterocycles. The number of hydrogen-bond donors (Lipinski definition) is 2. The number of urea groups is 1. The number of piperidine rings is 1. The summed E-state index contributed by atoms with van der Waals surface area (Å²) in [5.74, 6) is -0.308. The van der Waals surface area contributed by atoms with Crippen LogP contribution in [-0.4, -0.2) is 73.2 Å². The quantitative estimate of drug-likeness (QED) is 0.800. The van der Waals surface area contributed by atoms with Gasteiger partial charge in [-0.15, -0.1) is 0 Å². The van der Waals surface area contributed by atoms with Crippen molar-refractivity contribution in [1.82, 2.24) is 20.4 Å². The van der Waals surface area contributed by atoms with Gasteiger partial charge in [-0.1, -0.05) is 0 Å². The van der Waals surface area contributed by atoms with Gasteiger partial charge >= 0.3 is 12.1 Å². The summed E-state index contributed by atoms with van der Waals surface area (Å²) in [7, 11) is 3.21. The van der Waals surface area contributed by atoms with Gasteiger partial charge in [-0.25, -0.2) is 9.59 Å². The molecule has 0 aliphatic carbocycles. The molecule has 1 aliphatic heterocycles. The van der Waals surface area contributed by atoms with Gasteiger partial charge in [0.2, 0.25) is 5.91 Å². The van der Waals surface area contributed by atoms with Crippen LogP contribution in [0.1, 0.15) is 40.0 Å². The average molecular weight is 342 g/mol. The summed E-state index contributed by atoms with van der Waals surface area (Å²) in [6.45, 7) is 7.67. The Morgan fingerprint density at radius 3 is 2.54 bits per heavy atom. The van der Waals surface area contributed by atoms with Crippen molar-refractivity contribution in [2.45, 2.75) is 51.7 Å². The molecule has 0 radical (unpaired) electrons.